The average Bonchev–Trinajstić information content (AvgIpc) is 3.82. The summed E-state index contributed by atoms with van der Waals surface area (Å²) in [4.78, 5) is 28.6. The van der Waals surface area contributed by atoms with Crippen LogP contribution in [0.25, 0.3) is 0 Å². The Morgan fingerprint density at radius 3 is 2.43 bits per heavy atom. The highest BCUT2D eigenvalue weighted by Crippen LogP contribution is 2.54. The van der Waals surface area contributed by atoms with Crippen LogP contribution in [0.2, 0.25) is 10.0 Å². The minimum Gasteiger partial charge on any atom is -0.760 e. The van der Waals surface area contributed by atoms with Crippen molar-refractivity contribution in [2.75, 3.05) is 6.54 Å². The Hall–Kier alpha value is -3.26. The zero-order chi connectivity index (χ0) is 31.6. The summed E-state index contributed by atoms with van der Waals surface area (Å²) in [5.74, 6) is -1.75. The fourth-order valence-electron chi connectivity index (χ4n) is 6.53. The average molecular weight is 654 g/mol. The molecule has 5 atom stereocenters. The lowest BCUT2D eigenvalue weighted by Crippen LogP contribution is -2.59. The fraction of sp³-hybridized carbons (Fsp3) is 0.364. The number of carbonyl (C=O) groups is 2. The first kappa shape index (κ1) is 32.1. The van der Waals surface area contributed by atoms with Gasteiger partial charge >= 0.3 is 5.97 Å². The van der Waals surface area contributed by atoms with E-state index in [0.29, 0.717) is 21.2 Å². The van der Waals surface area contributed by atoms with Gasteiger partial charge in [0.15, 0.2) is 0 Å². The number of carboxylic acid groups (broad SMARTS) is 1. The number of benzene rings is 3. The molecule has 1 aliphatic heterocycles. The molecule has 1 saturated carbocycles. The van der Waals surface area contributed by atoms with Gasteiger partial charge in [-0.3, -0.25) is 13.8 Å². The Morgan fingerprint density at radius 2 is 1.82 bits per heavy atom. The number of carboxylic acids is 1. The number of rotatable bonds is 11. The highest BCUT2D eigenvalue weighted by atomic mass is 35.5. The van der Waals surface area contributed by atoms with Crippen molar-refractivity contribution >= 4 is 46.3 Å². The molecular weight excluding hydrogens is 621 g/mol. The molecule has 3 aromatic carbocycles. The molecule has 1 N–H and O–H groups in total. The Kier molecular flexibility index (Phi) is 9.78. The van der Waals surface area contributed by atoms with Crippen molar-refractivity contribution in [3.05, 3.63) is 105 Å². The third-order valence-corrected chi connectivity index (χ3v) is 9.93. The Bertz CT molecular complexity index is 1610. The molecule has 44 heavy (non-hydrogen) atoms. The van der Waals surface area contributed by atoms with E-state index in [4.69, 9.17) is 23.2 Å². The molecule has 0 aromatic heterocycles. The number of nitrogens with zero attached hydrogens (tertiary/aromatic N) is 3. The first-order chi connectivity index (χ1) is 21.0. The van der Waals surface area contributed by atoms with E-state index in [0.717, 1.165) is 24.0 Å². The molecule has 8 nitrogen and oxygen atoms in total. The lowest BCUT2D eigenvalue weighted by molar-refractivity contribution is -0.161. The smallest absolute Gasteiger partial charge is 0.304 e. The normalized spacial score (nSPS) is 23.3. The van der Waals surface area contributed by atoms with E-state index in [-0.39, 0.29) is 43.7 Å². The lowest BCUT2D eigenvalue weighted by atomic mass is 9.67. The molecule has 1 aliphatic carbocycles. The highest BCUT2D eigenvalue weighted by molar-refractivity contribution is 7.76. The van der Waals surface area contributed by atoms with Gasteiger partial charge in [0.2, 0.25) is 5.91 Å². The van der Waals surface area contributed by atoms with E-state index in [1.165, 1.54) is 4.31 Å². The van der Waals surface area contributed by atoms with E-state index < -0.39 is 34.7 Å². The van der Waals surface area contributed by atoms with Crippen molar-refractivity contribution < 1.29 is 23.5 Å². The van der Waals surface area contributed by atoms with Crippen LogP contribution in [-0.4, -0.2) is 47.5 Å². The first-order valence-electron chi connectivity index (χ1n) is 14.4. The van der Waals surface area contributed by atoms with E-state index in [9.17, 15) is 28.7 Å². The van der Waals surface area contributed by atoms with Crippen molar-refractivity contribution in [2.24, 2.45) is 11.3 Å². The van der Waals surface area contributed by atoms with Crippen molar-refractivity contribution in [3.63, 3.8) is 0 Å². The van der Waals surface area contributed by atoms with Crippen LogP contribution in [-0.2, 0) is 27.4 Å². The number of likely N-dealkylation sites (tertiary alicyclic amines) is 1. The predicted molar refractivity (Wildman–Crippen MR) is 167 cm³/mol. The maximum absolute atomic E-state index is 14.7. The van der Waals surface area contributed by atoms with E-state index in [1.807, 2.05) is 30.3 Å². The van der Waals surface area contributed by atoms with Crippen LogP contribution >= 0.6 is 23.2 Å². The molecule has 2 aliphatic rings. The van der Waals surface area contributed by atoms with Crippen LogP contribution in [0.5, 0.6) is 0 Å². The van der Waals surface area contributed by atoms with Crippen LogP contribution in [0.15, 0.2) is 72.8 Å². The quantitative estimate of drug-likeness (QED) is 0.236. The minimum atomic E-state index is -2.67. The van der Waals surface area contributed by atoms with Crippen LogP contribution < -0.4 is 0 Å². The van der Waals surface area contributed by atoms with Crippen molar-refractivity contribution in [1.82, 2.24) is 9.21 Å². The van der Waals surface area contributed by atoms with Gasteiger partial charge < -0.3 is 14.6 Å². The predicted octanol–water partition coefficient (Wildman–Crippen LogP) is 6.48. The first-order valence-corrected chi connectivity index (χ1v) is 16.2. The van der Waals surface area contributed by atoms with Gasteiger partial charge in [-0.25, -0.2) is 4.31 Å². The van der Waals surface area contributed by atoms with Crippen molar-refractivity contribution in [3.8, 4) is 6.07 Å². The number of aliphatic carboxylic acids is 1. The summed E-state index contributed by atoms with van der Waals surface area (Å²) >= 11 is 10.0. The van der Waals surface area contributed by atoms with Crippen LogP contribution in [0.3, 0.4) is 0 Å². The van der Waals surface area contributed by atoms with Gasteiger partial charge in [0.05, 0.1) is 29.5 Å². The summed E-state index contributed by atoms with van der Waals surface area (Å²) in [6.07, 6.45) is 1.48. The number of hydrogen-bond acceptors (Lipinski definition) is 5. The van der Waals surface area contributed by atoms with Crippen LogP contribution in [0.4, 0.5) is 0 Å². The third kappa shape index (κ3) is 7.01. The molecule has 1 amide bonds. The molecule has 11 heteroatoms. The Labute approximate surface area is 269 Å². The van der Waals surface area contributed by atoms with E-state index >= 15 is 0 Å². The number of hydrogen-bond donors (Lipinski definition) is 1. The Morgan fingerprint density at radius 1 is 1.11 bits per heavy atom. The molecule has 1 saturated heterocycles. The molecule has 1 heterocycles. The fourth-order valence-corrected chi connectivity index (χ4v) is 7.38. The topological polar surface area (TPSA) is 125 Å². The lowest BCUT2D eigenvalue weighted by Gasteiger charge is -2.52. The van der Waals surface area contributed by atoms with E-state index in [2.05, 4.69) is 6.07 Å². The minimum absolute atomic E-state index is 0.0121. The van der Waals surface area contributed by atoms with Crippen molar-refractivity contribution in [2.45, 2.75) is 57.2 Å². The van der Waals surface area contributed by atoms with Crippen LogP contribution in [0.1, 0.15) is 66.8 Å². The molecule has 0 spiro atoms. The summed E-state index contributed by atoms with van der Waals surface area (Å²) < 4.78 is 26.6. The molecule has 230 valence electrons. The molecule has 0 radical (unpaired) electrons. The summed E-state index contributed by atoms with van der Waals surface area (Å²) in [6.45, 7) is 1.63. The molecular formula is C33H32Cl2N3O5S-. The summed E-state index contributed by atoms with van der Waals surface area (Å²) in [5, 5.41) is 20.6. The maximum Gasteiger partial charge on any atom is 0.304 e. The largest absolute Gasteiger partial charge is 0.760 e. The number of halogens is 2. The summed E-state index contributed by atoms with van der Waals surface area (Å²) in [7, 11) is 0. The second kappa shape index (κ2) is 13.4. The summed E-state index contributed by atoms with van der Waals surface area (Å²) in [6, 6.07) is 22.4. The molecule has 5 rings (SSSR count). The third-order valence-electron chi connectivity index (χ3n) is 8.74. The second-order valence-electron chi connectivity index (χ2n) is 11.9. The molecule has 3 aromatic rings. The van der Waals surface area contributed by atoms with E-state index in [1.54, 1.807) is 54.3 Å². The highest BCUT2D eigenvalue weighted by Gasteiger charge is 2.54. The monoisotopic (exact) mass is 652 g/mol. The molecule has 2 fully saturated rings. The zero-order valence-electron chi connectivity index (χ0n) is 24.1. The molecule has 0 bridgehead atoms. The van der Waals surface area contributed by atoms with Gasteiger partial charge in [-0.15, -0.1) is 0 Å². The number of amides is 1. The summed E-state index contributed by atoms with van der Waals surface area (Å²) in [5.41, 5.74) is 1.33. The van der Waals surface area contributed by atoms with Crippen LogP contribution in [0, 0.1) is 22.7 Å². The Balaban J connectivity index is 1.64. The number of carbonyl (C=O) groups excluding carboxylic acids is 1. The van der Waals surface area contributed by atoms with Gasteiger partial charge in [0.1, 0.15) is 0 Å². The second-order valence-corrected chi connectivity index (χ2v) is 13.7. The number of nitriles is 1. The van der Waals surface area contributed by atoms with Gasteiger partial charge in [-0.2, -0.15) is 5.26 Å². The number of piperidine rings is 1. The SMILES string of the molecule is C[C@]1(CC(=O)O)C[C@H](c2cccc(Cl)c2)[C@@H](c2ccc(Cl)cc2)N([C@H](CN(Cc2ccccc2C#N)S(=O)[O-])C2CC2)C1=O. The van der Waals surface area contributed by atoms with Gasteiger partial charge in [-0.05, 0) is 72.2 Å². The standard InChI is InChI=1S/C33H33Cl2N3O5S/c1-33(17-30(39)40)16-28(23-7-4-8-27(35)15-23)31(22-11-13-26(34)14-12-22)38(32(33)41)29(21-9-10-21)20-37(44(42)43)19-25-6-3-2-5-24(25)18-36/h2-8,11-15,21,28-29,31H,9-10,16-17,19-20H2,1H3,(H,39,40)(H,42,43)/p-1/t28-,29-,31-,33-/m1/s1. The zero-order valence-corrected chi connectivity index (χ0v) is 26.4. The van der Waals surface area contributed by atoms with Gasteiger partial charge in [0.25, 0.3) is 0 Å². The molecule has 1 unspecified atom stereocenters. The van der Waals surface area contributed by atoms with Crippen molar-refractivity contribution in [1.29, 1.82) is 5.26 Å². The maximum atomic E-state index is 14.7. The van der Waals surface area contributed by atoms with Gasteiger partial charge in [0, 0.05) is 46.4 Å². The van der Waals surface area contributed by atoms with Gasteiger partial charge in [-0.1, -0.05) is 72.6 Å².